The first-order valence-electron chi connectivity index (χ1n) is 5.82. The monoisotopic (exact) mass is 231 g/mol. The van der Waals surface area contributed by atoms with Crippen LogP contribution in [0.25, 0.3) is 5.95 Å². The predicted molar refractivity (Wildman–Crippen MR) is 65.1 cm³/mol. The zero-order chi connectivity index (χ0) is 12.4. The molecule has 5 heteroatoms. The third-order valence-corrected chi connectivity index (χ3v) is 2.63. The first-order chi connectivity index (χ1) is 8.08. The molecule has 5 nitrogen and oxygen atoms in total. The fraction of sp³-hybridized carbons (Fsp3) is 0.500. The first kappa shape index (κ1) is 11.7. The average Bonchev–Trinajstić information content (AvgIpc) is 2.78. The van der Waals surface area contributed by atoms with Gasteiger partial charge in [-0.25, -0.2) is 9.97 Å². The molecule has 0 bridgehead atoms. The largest absolute Gasteiger partial charge is 0.251 e. The second-order valence-corrected chi connectivity index (χ2v) is 4.71. The highest BCUT2D eigenvalue weighted by atomic mass is 15.5. The highest BCUT2D eigenvalue weighted by Gasteiger charge is 2.08. The first-order valence-corrected chi connectivity index (χ1v) is 5.82. The molecule has 0 N–H and O–H groups in total. The molecule has 2 aromatic heterocycles. The Morgan fingerprint density at radius 3 is 2.12 bits per heavy atom. The molecule has 0 unspecified atom stereocenters. The molecule has 0 amide bonds. The Bertz CT molecular complexity index is 484. The molecular formula is C12H17N5. The van der Waals surface area contributed by atoms with Crippen molar-refractivity contribution in [3.63, 3.8) is 0 Å². The van der Waals surface area contributed by atoms with Gasteiger partial charge in [0.1, 0.15) is 0 Å². The van der Waals surface area contributed by atoms with Crippen molar-refractivity contribution in [2.45, 2.75) is 39.5 Å². The van der Waals surface area contributed by atoms with Gasteiger partial charge >= 0.3 is 0 Å². The van der Waals surface area contributed by atoms with Gasteiger partial charge in [0.25, 0.3) is 5.95 Å². The van der Waals surface area contributed by atoms with Crippen LogP contribution in [-0.2, 0) is 0 Å². The van der Waals surface area contributed by atoms with E-state index in [4.69, 9.17) is 0 Å². The lowest BCUT2D eigenvalue weighted by Crippen LogP contribution is -2.03. The van der Waals surface area contributed by atoms with Crippen LogP contribution in [0.5, 0.6) is 0 Å². The molecule has 0 saturated heterocycles. The molecule has 2 aromatic rings. The van der Waals surface area contributed by atoms with Crippen molar-refractivity contribution >= 4 is 0 Å². The van der Waals surface area contributed by atoms with E-state index in [0.717, 1.165) is 11.3 Å². The van der Waals surface area contributed by atoms with Gasteiger partial charge in [-0.15, -0.1) is 5.10 Å². The van der Waals surface area contributed by atoms with Crippen LogP contribution in [0.2, 0.25) is 0 Å². The molecule has 2 heterocycles. The van der Waals surface area contributed by atoms with Gasteiger partial charge in [0.15, 0.2) is 0 Å². The number of hydrogen-bond donors (Lipinski definition) is 0. The van der Waals surface area contributed by atoms with Crippen LogP contribution in [0, 0.1) is 0 Å². The van der Waals surface area contributed by atoms with Crippen molar-refractivity contribution in [1.29, 1.82) is 0 Å². The molecule has 0 aliphatic carbocycles. The Morgan fingerprint density at radius 1 is 1.00 bits per heavy atom. The van der Waals surface area contributed by atoms with Crippen LogP contribution in [0.4, 0.5) is 0 Å². The van der Waals surface area contributed by atoms with Crippen LogP contribution in [0.1, 0.15) is 50.8 Å². The van der Waals surface area contributed by atoms with Gasteiger partial charge in [0, 0.05) is 12.4 Å². The van der Waals surface area contributed by atoms with Gasteiger partial charge in [-0.05, 0) is 17.4 Å². The third-order valence-electron chi connectivity index (χ3n) is 2.63. The molecule has 0 spiro atoms. The highest BCUT2D eigenvalue weighted by Crippen LogP contribution is 2.13. The van der Waals surface area contributed by atoms with Crippen LogP contribution >= 0.6 is 0 Å². The number of hydrogen-bond acceptors (Lipinski definition) is 4. The Labute approximate surface area is 101 Å². The van der Waals surface area contributed by atoms with E-state index < -0.39 is 0 Å². The lowest BCUT2D eigenvalue weighted by Gasteiger charge is -2.04. The van der Waals surface area contributed by atoms with E-state index in [1.54, 1.807) is 4.68 Å². The van der Waals surface area contributed by atoms with Crippen molar-refractivity contribution in [3.05, 3.63) is 29.8 Å². The van der Waals surface area contributed by atoms with Gasteiger partial charge in [-0.3, -0.25) is 0 Å². The van der Waals surface area contributed by atoms with E-state index >= 15 is 0 Å². The lowest BCUT2D eigenvalue weighted by molar-refractivity contribution is 0.737. The van der Waals surface area contributed by atoms with E-state index in [2.05, 4.69) is 48.0 Å². The second-order valence-electron chi connectivity index (χ2n) is 4.71. The molecule has 0 atom stereocenters. The van der Waals surface area contributed by atoms with Crippen LogP contribution in [0.15, 0.2) is 18.6 Å². The Balaban J connectivity index is 2.27. The van der Waals surface area contributed by atoms with Crippen molar-refractivity contribution in [2.75, 3.05) is 0 Å². The van der Waals surface area contributed by atoms with E-state index in [-0.39, 0.29) is 0 Å². The Morgan fingerprint density at radius 2 is 1.65 bits per heavy atom. The summed E-state index contributed by atoms with van der Waals surface area (Å²) in [6.45, 7) is 8.39. The zero-order valence-electron chi connectivity index (χ0n) is 10.6. The molecule has 0 aliphatic rings. The van der Waals surface area contributed by atoms with Gasteiger partial charge in [-0.1, -0.05) is 32.9 Å². The molecule has 0 radical (unpaired) electrons. The van der Waals surface area contributed by atoms with E-state index in [1.807, 2.05) is 18.6 Å². The number of rotatable bonds is 3. The minimum Gasteiger partial charge on any atom is -0.219 e. The summed E-state index contributed by atoms with van der Waals surface area (Å²) < 4.78 is 1.61. The summed E-state index contributed by atoms with van der Waals surface area (Å²) >= 11 is 0. The maximum absolute atomic E-state index is 4.29. The normalized spacial score (nSPS) is 11.4. The quantitative estimate of drug-likeness (QED) is 0.813. The van der Waals surface area contributed by atoms with Crippen LogP contribution in [0.3, 0.4) is 0 Å². The smallest absolute Gasteiger partial charge is 0.219 e. The van der Waals surface area contributed by atoms with Crippen molar-refractivity contribution in [1.82, 2.24) is 25.0 Å². The second kappa shape index (κ2) is 4.61. The summed E-state index contributed by atoms with van der Waals surface area (Å²) in [5, 5.41) is 8.11. The summed E-state index contributed by atoms with van der Waals surface area (Å²) in [7, 11) is 0. The maximum atomic E-state index is 4.29. The SMILES string of the molecule is CC(C)c1cnc(-n2cc(C(C)C)nn2)nc1. The molecular weight excluding hydrogens is 214 g/mol. The molecule has 90 valence electrons. The van der Waals surface area contributed by atoms with E-state index in [1.165, 1.54) is 0 Å². The third kappa shape index (κ3) is 2.49. The van der Waals surface area contributed by atoms with Crippen LogP contribution in [-0.4, -0.2) is 25.0 Å². The highest BCUT2D eigenvalue weighted by molar-refractivity contribution is 5.16. The molecule has 0 aliphatic heterocycles. The summed E-state index contributed by atoms with van der Waals surface area (Å²) in [6, 6.07) is 0. The maximum Gasteiger partial charge on any atom is 0.251 e. The van der Waals surface area contributed by atoms with Crippen molar-refractivity contribution in [3.8, 4) is 5.95 Å². The summed E-state index contributed by atoms with van der Waals surface area (Å²) in [5.74, 6) is 1.36. The Kier molecular flexibility index (Phi) is 3.17. The van der Waals surface area contributed by atoms with Gasteiger partial charge in [0.2, 0.25) is 0 Å². The van der Waals surface area contributed by atoms with E-state index in [0.29, 0.717) is 17.8 Å². The fourth-order valence-corrected chi connectivity index (χ4v) is 1.39. The average molecular weight is 231 g/mol. The number of nitrogens with zero attached hydrogens (tertiary/aromatic N) is 5. The van der Waals surface area contributed by atoms with Gasteiger partial charge < -0.3 is 0 Å². The summed E-state index contributed by atoms with van der Waals surface area (Å²) in [5.41, 5.74) is 2.07. The summed E-state index contributed by atoms with van der Waals surface area (Å²) in [4.78, 5) is 8.58. The molecule has 0 saturated carbocycles. The molecule has 2 rings (SSSR count). The van der Waals surface area contributed by atoms with Crippen molar-refractivity contribution < 1.29 is 0 Å². The lowest BCUT2D eigenvalue weighted by atomic mass is 10.1. The predicted octanol–water partition coefficient (Wildman–Crippen LogP) is 2.30. The molecule has 17 heavy (non-hydrogen) atoms. The Hall–Kier alpha value is -1.78. The topological polar surface area (TPSA) is 56.5 Å². The van der Waals surface area contributed by atoms with Crippen molar-refractivity contribution in [2.24, 2.45) is 0 Å². The van der Waals surface area contributed by atoms with E-state index in [9.17, 15) is 0 Å². The van der Waals surface area contributed by atoms with Gasteiger partial charge in [0.05, 0.1) is 11.9 Å². The zero-order valence-corrected chi connectivity index (χ0v) is 10.6. The minimum absolute atomic E-state index is 0.360. The standard InChI is InChI=1S/C12H17N5/c1-8(2)10-5-13-12(14-6-10)17-7-11(9(3)4)15-16-17/h5-9H,1-4H3. The fourth-order valence-electron chi connectivity index (χ4n) is 1.39. The van der Waals surface area contributed by atoms with Crippen LogP contribution < -0.4 is 0 Å². The number of aromatic nitrogens is 5. The molecule has 0 fully saturated rings. The van der Waals surface area contributed by atoms with Gasteiger partial charge in [-0.2, -0.15) is 4.68 Å². The molecule has 0 aromatic carbocycles. The minimum atomic E-state index is 0.360. The summed E-state index contributed by atoms with van der Waals surface area (Å²) in [6.07, 6.45) is 5.54.